The maximum Gasteiger partial charge on any atom is 0.245 e. The van der Waals surface area contributed by atoms with Crippen molar-refractivity contribution in [2.75, 3.05) is 31.6 Å². The minimum absolute atomic E-state index is 0.0536. The molecular formula is C25H41N3O4S. The van der Waals surface area contributed by atoms with Crippen molar-refractivity contribution in [1.29, 1.82) is 0 Å². The maximum absolute atomic E-state index is 13.9. The Labute approximate surface area is 200 Å². The molecule has 0 N–H and O–H groups in total. The van der Waals surface area contributed by atoms with Crippen molar-refractivity contribution in [3.63, 3.8) is 0 Å². The molecule has 1 aromatic carbocycles. The highest BCUT2D eigenvalue weighted by Crippen LogP contribution is 2.35. The summed E-state index contributed by atoms with van der Waals surface area (Å²) in [5.74, 6) is -0.108. The molecule has 2 aliphatic heterocycles. The Balaban J connectivity index is 1.92. The fourth-order valence-corrected chi connectivity index (χ4v) is 7.06. The lowest BCUT2D eigenvalue weighted by atomic mass is 9.92. The van der Waals surface area contributed by atoms with Crippen LogP contribution in [0, 0.1) is 6.92 Å². The van der Waals surface area contributed by atoms with E-state index >= 15 is 0 Å². The number of likely N-dealkylation sites (N-methyl/N-ethyl adjacent to an activating group) is 1. The van der Waals surface area contributed by atoms with Crippen LogP contribution in [-0.4, -0.2) is 74.0 Å². The van der Waals surface area contributed by atoms with E-state index in [0.29, 0.717) is 43.1 Å². The summed E-state index contributed by atoms with van der Waals surface area (Å²) in [7, 11) is -2.02. The topological polar surface area (TPSA) is 70.2 Å². The zero-order valence-electron chi connectivity index (χ0n) is 21.3. The van der Waals surface area contributed by atoms with Gasteiger partial charge in [0.1, 0.15) is 10.9 Å². The molecule has 1 unspecified atom stereocenters. The van der Waals surface area contributed by atoms with Gasteiger partial charge in [0.2, 0.25) is 15.9 Å². The molecule has 1 amide bonds. The minimum Gasteiger partial charge on any atom is -0.375 e. The third-order valence-electron chi connectivity index (χ3n) is 7.03. The van der Waals surface area contributed by atoms with Gasteiger partial charge in [-0.2, -0.15) is 4.31 Å². The second kappa shape index (κ2) is 9.92. The largest absolute Gasteiger partial charge is 0.375 e. The van der Waals surface area contributed by atoms with Crippen molar-refractivity contribution in [2.24, 2.45) is 0 Å². The number of amides is 1. The van der Waals surface area contributed by atoms with Gasteiger partial charge in [-0.3, -0.25) is 4.79 Å². The van der Waals surface area contributed by atoms with E-state index < -0.39 is 16.1 Å². The number of sulfonamides is 1. The first-order valence-corrected chi connectivity index (χ1v) is 13.6. The van der Waals surface area contributed by atoms with E-state index in [1.54, 1.807) is 11.0 Å². The smallest absolute Gasteiger partial charge is 0.245 e. The van der Waals surface area contributed by atoms with Crippen LogP contribution in [0.1, 0.15) is 65.9 Å². The van der Waals surface area contributed by atoms with Crippen LogP contribution in [0.2, 0.25) is 0 Å². The number of carbonyl (C=O) groups is 1. The molecule has 7 nitrogen and oxygen atoms in total. The van der Waals surface area contributed by atoms with Gasteiger partial charge in [-0.05, 0) is 84.9 Å². The normalized spacial score (nSPS) is 23.6. The maximum atomic E-state index is 13.9. The first kappa shape index (κ1) is 26.0. The van der Waals surface area contributed by atoms with Gasteiger partial charge >= 0.3 is 0 Å². The molecule has 2 heterocycles. The van der Waals surface area contributed by atoms with Gasteiger partial charge in [-0.25, -0.2) is 8.42 Å². The molecule has 8 heteroatoms. The Morgan fingerprint density at radius 2 is 1.97 bits per heavy atom. The SMILES string of the molecule is CCN(c1cc(C)ccc1S(=O)(=O)N1CCC[C@H]1C(=O)N(C)C1CCOC(C)(C)C1)C(C)C. The first-order chi connectivity index (χ1) is 15.4. The Morgan fingerprint density at radius 1 is 1.27 bits per heavy atom. The number of hydrogen-bond donors (Lipinski definition) is 0. The molecule has 2 atom stereocenters. The summed E-state index contributed by atoms with van der Waals surface area (Å²) in [5, 5.41) is 0. The summed E-state index contributed by atoms with van der Waals surface area (Å²) in [5.41, 5.74) is 1.44. The van der Waals surface area contributed by atoms with Crippen molar-refractivity contribution < 1.29 is 17.9 Å². The molecule has 0 aromatic heterocycles. The van der Waals surface area contributed by atoms with E-state index in [9.17, 15) is 13.2 Å². The Bertz CT molecular complexity index is 960. The second-order valence-electron chi connectivity index (χ2n) is 10.3. The molecule has 186 valence electrons. The molecule has 2 fully saturated rings. The summed E-state index contributed by atoms with van der Waals surface area (Å²) in [4.78, 5) is 17.7. The number of nitrogens with zero attached hydrogens (tertiary/aromatic N) is 3. The highest BCUT2D eigenvalue weighted by molar-refractivity contribution is 7.89. The van der Waals surface area contributed by atoms with Crippen LogP contribution in [0.3, 0.4) is 0 Å². The van der Waals surface area contributed by atoms with Crippen molar-refractivity contribution in [1.82, 2.24) is 9.21 Å². The lowest BCUT2D eigenvalue weighted by Crippen LogP contribution is -2.52. The Hall–Kier alpha value is -1.64. The first-order valence-electron chi connectivity index (χ1n) is 12.2. The summed E-state index contributed by atoms with van der Waals surface area (Å²) in [6, 6.07) is 5.04. The van der Waals surface area contributed by atoms with Crippen LogP contribution in [0.5, 0.6) is 0 Å². The fraction of sp³-hybridized carbons (Fsp3) is 0.720. The minimum atomic E-state index is -3.84. The number of benzene rings is 1. The number of anilines is 1. The van der Waals surface area contributed by atoms with Gasteiger partial charge in [-0.15, -0.1) is 0 Å². The number of ether oxygens (including phenoxy) is 1. The fourth-order valence-electron chi connectivity index (χ4n) is 5.23. The standard InChI is InChI=1S/C25H41N3O4S/c1-8-27(18(2)3)22-16-19(4)11-12-23(22)33(30,31)28-14-9-10-21(28)24(29)26(7)20-13-15-32-25(5,6)17-20/h11-12,16,18,20-21H,8-10,13-15,17H2,1-7H3/t20?,21-/m0/s1. The van der Waals surface area contributed by atoms with Crippen LogP contribution in [-0.2, 0) is 19.6 Å². The van der Waals surface area contributed by atoms with Crippen LogP contribution in [0.4, 0.5) is 5.69 Å². The van der Waals surface area contributed by atoms with Crippen molar-refractivity contribution in [3.05, 3.63) is 23.8 Å². The zero-order chi connectivity index (χ0) is 24.6. The van der Waals surface area contributed by atoms with Crippen LogP contribution >= 0.6 is 0 Å². The average molecular weight is 480 g/mol. The van der Waals surface area contributed by atoms with E-state index in [1.165, 1.54) is 4.31 Å². The molecule has 0 aliphatic carbocycles. The summed E-state index contributed by atoms with van der Waals surface area (Å²) >= 11 is 0. The van der Waals surface area contributed by atoms with Gasteiger partial charge in [0.25, 0.3) is 0 Å². The number of carbonyl (C=O) groups excluding carboxylic acids is 1. The molecule has 33 heavy (non-hydrogen) atoms. The summed E-state index contributed by atoms with van der Waals surface area (Å²) < 4.78 is 35.1. The van der Waals surface area contributed by atoms with E-state index in [2.05, 4.69) is 18.7 Å². The highest BCUT2D eigenvalue weighted by atomic mass is 32.2. The number of aryl methyl sites for hydroxylation is 1. The van der Waals surface area contributed by atoms with Crippen molar-refractivity contribution >= 4 is 21.6 Å². The van der Waals surface area contributed by atoms with Crippen molar-refractivity contribution in [2.45, 2.75) is 95.8 Å². The predicted octanol–water partition coefficient (Wildman–Crippen LogP) is 3.80. The molecule has 3 rings (SSSR count). The summed E-state index contributed by atoms with van der Waals surface area (Å²) in [6.45, 7) is 13.9. The number of rotatable bonds is 7. The Kier molecular flexibility index (Phi) is 7.81. The average Bonchev–Trinajstić information content (AvgIpc) is 3.23. The molecule has 1 aromatic rings. The van der Waals surface area contributed by atoms with Gasteiger partial charge in [0.15, 0.2) is 0 Å². The Morgan fingerprint density at radius 3 is 2.58 bits per heavy atom. The van der Waals surface area contributed by atoms with E-state index in [-0.39, 0.29) is 23.6 Å². The highest BCUT2D eigenvalue weighted by Gasteiger charge is 2.43. The van der Waals surface area contributed by atoms with E-state index in [1.807, 2.05) is 46.9 Å². The monoisotopic (exact) mass is 479 g/mol. The third-order valence-corrected chi connectivity index (χ3v) is 8.99. The lowest BCUT2D eigenvalue weighted by molar-refractivity contribution is -0.141. The van der Waals surface area contributed by atoms with E-state index in [4.69, 9.17) is 4.74 Å². The molecule has 0 saturated carbocycles. The van der Waals surface area contributed by atoms with Crippen LogP contribution < -0.4 is 4.90 Å². The molecule has 0 radical (unpaired) electrons. The van der Waals surface area contributed by atoms with Crippen molar-refractivity contribution in [3.8, 4) is 0 Å². The van der Waals surface area contributed by atoms with Gasteiger partial charge < -0.3 is 14.5 Å². The quantitative estimate of drug-likeness (QED) is 0.595. The van der Waals surface area contributed by atoms with Crippen LogP contribution in [0.15, 0.2) is 23.1 Å². The molecule has 2 saturated heterocycles. The van der Waals surface area contributed by atoms with Gasteiger partial charge in [0.05, 0.1) is 11.3 Å². The second-order valence-corrected chi connectivity index (χ2v) is 12.2. The molecule has 2 aliphatic rings. The summed E-state index contributed by atoms with van der Waals surface area (Å²) in [6.07, 6.45) is 2.76. The molecule has 0 bridgehead atoms. The zero-order valence-corrected chi connectivity index (χ0v) is 22.1. The molecular weight excluding hydrogens is 438 g/mol. The molecule has 0 spiro atoms. The van der Waals surface area contributed by atoms with Gasteiger partial charge in [-0.1, -0.05) is 6.07 Å². The van der Waals surface area contributed by atoms with E-state index in [0.717, 1.165) is 18.4 Å². The van der Waals surface area contributed by atoms with Gasteiger partial charge in [0, 0.05) is 38.8 Å². The third kappa shape index (κ3) is 5.38. The van der Waals surface area contributed by atoms with Crippen LogP contribution in [0.25, 0.3) is 0 Å². The number of hydrogen-bond acceptors (Lipinski definition) is 5. The predicted molar refractivity (Wildman–Crippen MR) is 132 cm³/mol. The lowest BCUT2D eigenvalue weighted by Gasteiger charge is -2.41.